The van der Waals surface area contributed by atoms with Gasteiger partial charge in [0.05, 0.1) is 13.0 Å². The van der Waals surface area contributed by atoms with Crippen LogP contribution >= 0.6 is 0 Å². The van der Waals surface area contributed by atoms with E-state index >= 15 is 0 Å². The molecule has 0 bridgehead atoms. The number of halogens is 1. The molecule has 0 aliphatic carbocycles. The van der Waals surface area contributed by atoms with Gasteiger partial charge in [0.2, 0.25) is 0 Å². The summed E-state index contributed by atoms with van der Waals surface area (Å²) in [5.74, 6) is -0.731. The maximum Gasteiger partial charge on any atom is 0.309 e. The van der Waals surface area contributed by atoms with Gasteiger partial charge in [0.1, 0.15) is 18.2 Å². The van der Waals surface area contributed by atoms with Crippen LogP contribution in [0.4, 0.5) is 4.39 Å². The second-order valence-corrected chi connectivity index (χ2v) is 7.26. The van der Waals surface area contributed by atoms with Crippen molar-refractivity contribution < 1.29 is 28.2 Å². The largest absolute Gasteiger partial charge is 0.496 e. The molecular weight excluding hydrogens is 389 g/mol. The van der Waals surface area contributed by atoms with Gasteiger partial charge in [0.25, 0.3) is 5.91 Å². The highest BCUT2D eigenvalue weighted by atomic mass is 19.1. The highest BCUT2D eigenvalue weighted by Gasteiger charge is 2.29. The van der Waals surface area contributed by atoms with Crippen molar-refractivity contribution in [2.24, 2.45) is 5.92 Å². The monoisotopic (exact) mass is 413 g/mol. The predicted molar refractivity (Wildman–Crippen MR) is 108 cm³/mol. The van der Waals surface area contributed by atoms with Gasteiger partial charge in [-0.25, -0.2) is 4.39 Å². The molecule has 1 amide bonds. The number of esters is 1. The van der Waals surface area contributed by atoms with Gasteiger partial charge in [0.15, 0.2) is 5.78 Å². The van der Waals surface area contributed by atoms with Crippen LogP contribution in [0.5, 0.6) is 5.75 Å². The highest BCUT2D eigenvalue weighted by Crippen LogP contribution is 2.24. The van der Waals surface area contributed by atoms with E-state index in [9.17, 15) is 18.8 Å². The van der Waals surface area contributed by atoms with Gasteiger partial charge in [-0.15, -0.1) is 0 Å². The lowest BCUT2D eigenvalue weighted by molar-refractivity contribution is -0.151. The van der Waals surface area contributed by atoms with Gasteiger partial charge in [-0.1, -0.05) is 0 Å². The number of ether oxygens (including phenoxy) is 2. The van der Waals surface area contributed by atoms with Crippen LogP contribution in [0.3, 0.4) is 0 Å². The fraction of sp³-hybridized carbons (Fsp3) is 0.348. The number of nitrogens with zero attached hydrogens (tertiary/aromatic N) is 1. The van der Waals surface area contributed by atoms with Crippen LogP contribution < -0.4 is 4.74 Å². The summed E-state index contributed by atoms with van der Waals surface area (Å²) < 4.78 is 23.8. The molecule has 3 rings (SSSR count). The number of likely N-dealkylation sites (tertiary alicyclic amines) is 1. The molecule has 0 saturated carbocycles. The molecular formula is C23H24FNO5. The van der Waals surface area contributed by atoms with E-state index in [4.69, 9.17) is 9.47 Å². The molecule has 0 N–H and O–H groups in total. The summed E-state index contributed by atoms with van der Waals surface area (Å²) >= 11 is 0. The maximum atomic E-state index is 13.0. The third-order valence-corrected chi connectivity index (χ3v) is 5.26. The number of piperidine rings is 1. The van der Waals surface area contributed by atoms with Crippen molar-refractivity contribution in [1.29, 1.82) is 0 Å². The van der Waals surface area contributed by atoms with Crippen molar-refractivity contribution in [3.05, 3.63) is 65.0 Å². The minimum Gasteiger partial charge on any atom is -0.496 e. The second kappa shape index (κ2) is 9.52. The Morgan fingerprint density at radius 1 is 1.03 bits per heavy atom. The van der Waals surface area contributed by atoms with E-state index in [0.29, 0.717) is 48.4 Å². The Hall–Kier alpha value is -3.22. The second-order valence-electron chi connectivity index (χ2n) is 7.26. The molecule has 0 radical (unpaired) electrons. The molecule has 1 aliphatic rings. The number of amides is 1. The molecule has 0 unspecified atom stereocenters. The minimum absolute atomic E-state index is 0.0118. The van der Waals surface area contributed by atoms with Crippen molar-refractivity contribution in [2.75, 3.05) is 20.2 Å². The first-order valence-corrected chi connectivity index (χ1v) is 9.78. The van der Waals surface area contributed by atoms with E-state index in [1.165, 1.54) is 38.3 Å². The van der Waals surface area contributed by atoms with Crippen LogP contribution in [-0.2, 0) is 16.1 Å². The molecule has 0 aromatic heterocycles. The van der Waals surface area contributed by atoms with Crippen LogP contribution in [0.25, 0.3) is 0 Å². The van der Waals surface area contributed by atoms with Crippen molar-refractivity contribution >= 4 is 17.7 Å². The summed E-state index contributed by atoms with van der Waals surface area (Å²) in [7, 11) is 1.52. The number of Topliss-reactive ketones (excluding diaryl/α,β-unsaturated/α-hetero) is 1. The standard InChI is InChI=1S/C23H24FNO5/c1-15(26)18-5-8-21(29-2)19(13-18)14-30-23(28)17-9-11-25(12-10-17)22(27)16-3-6-20(24)7-4-16/h3-8,13,17H,9-12,14H2,1-2H3. The SMILES string of the molecule is COc1ccc(C(C)=O)cc1COC(=O)C1CCN(C(=O)c2ccc(F)cc2)CC1. The van der Waals surface area contributed by atoms with E-state index in [2.05, 4.69) is 0 Å². The molecule has 2 aromatic rings. The van der Waals surface area contributed by atoms with E-state index in [0.717, 1.165) is 0 Å². The van der Waals surface area contributed by atoms with E-state index in [-0.39, 0.29) is 30.2 Å². The summed E-state index contributed by atoms with van der Waals surface area (Å²) in [6.07, 6.45) is 0.993. The van der Waals surface area contributed by atoms with Gasteiger partial charge in [0, 0.05) is 29.8 Å². The van der Waals surface area contributed by atoms with Crippen molar-refractivity contribution in [1.82, 2.24) is 4.90 Å². The average molecular weight is 413 g/mol. The minimum atomic E-state index is -0.390. The van der Waals surface area contributed by atoms with Gasteiger partial charge >= 0.3 is 5.97 Å². The summed E-state index contributed by atoms with van der Waals surface area (Å²) in [6, 6.07) is 10.4. The van der Waals surface area contributed by atoms with Gasteiger partial charge in [-0.2, -0.15) is 0 Å². The first kappa shape index (κ1) is 21.5. The zero-order chi connectivity index (χ0) is 21.7. The molecule has 1 heterocycles. The predicted octanol–water partition coefficient (Wildman–Crippen LogP) is 3.63. The Bertz CT molecular complexity index is 933. The molecule has 0 spiro atoms. The summed E-state index contributed by atoms with van der Waals surface area (Å²) in [4.78, 5) is 38.3. The zero-order valence-corrected chi connectivity index (χ0v) is 17.0. The van der Waals surface area contributed by atoms with Crippen LogP contribution in [-0.4, -0.2) is 42.8 Å². The van der Waals surface area contributed by atoms with E-state index in [1.54, 1.807) is 23.1 Å². The molecule has 158 valence electrons. The number of methoxy groups -OCH3 is 1. The normalized spacial score (nSPS) is 14.3. The van der Waals surface area contributed by atoms with Crippen molar-refractivity contribution in [2.45, 2.75) is 26.4 Å². The average Bonchev–Trinajstić information content (AvgIpc) is 2.77. The Morgan fingerprint density at radius 2 is 1.67 bits per heavy atom. The summed E-state index contributed by atoms with van der Waals surface area (Å²) in [6.45, 7) is 2.34. The lowest BCUT2D eigenvalue weighted by atomic mass is 9.96. The maximum absolute atomic E-state index is 13.0. The first-order chi connectivity index (χ1) is 14.4. The molecule has 0 atom stereocenters. The molecule has 1 saturated heterocycles. The number of hydrogen-bond donors (Lipinski definition) is 0. The molecule has 2 aromatic carbocycles. The lowest BCUT2D eigenvalue weighted by Crippen LogP contribution is -2.40. The topological polar surface area (TPSA) is 72.9 Å². The zero-order valence-electron chi connectivity index (χ0n) is 17.0. The lowest BCUT2D eigenvalue weighted by Gasteiger charge is -2.31. The fourth-order valence-corrected chi connectivity index (χ4v) is 3.47. The number of carbonyl (C=O) groups excluding carboxylic acids is 3. The van der Waals surface area contributed by atoms with Crippen LogP contribution in [0.1, 0.15) is 46.0 Å². The number of carbonyl (C=O) groups is 3. The third kappa shape index (κ3) is 5.03. The Kier molecular flexibility index (Phi) is 6.82. The number of ketones is 1. The Balaban J connectivity index is 1.54. The van der Waals surface area contributed by atoms with Crippen molar-refractivity contribution in [3.63, 3.8) is 0 Å². The van der Waals surface area contributed by atoms with Gasteiger partial charge < -0.3 is 14.4 Å². The van der Waals surface area contributed by atoms with Crippen LogP contribution in [0.15, 0.2) is 42.5 Å². The summed E-state index contributed by atoms with van der Waals surface area (Å²) in [5, 5.41) is 0. The molecule has 30 heavy (non-hydrogen) atoms. The molecule has 1 fully saturated rings. The number of rotatable bonds is 6. The summed E-state index contributed by atoms with van der Waals surface area (Å²) in [5.41, 5.74) is 1.58. The van der Waals surface area contributed by atoms with Gasteiger partial charge in [-0.05, 0) is 62.2 Å². The fourth-order valence-electron chi connectivity index (χ4n) is 3.47. The third-order valence-electron chi connectivity index (χ3n) is 5.26. The van der Waals surface area contributed by atoms with Gasteiger partial charge in [-0.3, -0.25) is 14.4 Å². The number of hydrogen-bond acceptors (Lipinski definition) is 5. The van der Waals surface area contributed by atoms with E-state index in [1.807, 2.05) is 0 Å². The van der Waals surface area contributed by atoms with Crippen LogP contribution in [0.2, 0.25) is 0 Å². The molecule has 6 nitrogen and oxygen atoms in total. The van der Waals surface area contributed by atoms with Crippen molar-refractivity contribution in [3.8, 4) is 5.75 Å². The molecule has 7 heteroatoms. The van der Waals surface area contributed by atoms with Crippen LogP contribution in [0, 0.1) is 11.7 Å². The Morgan fingerprint density at radius 3 is 2.27 bits per heavy atom. The highest BCUT2D eigenvalue weighted by molar-refractivity contribution is 5.95. The van der Waals surface area contributed by atoms with E-state index < -0.39 is 5.82 Å². The Labute approximate surface area is 174 Å². The quantitative estimate of drug-likeness (QED) is 0.534. The smallest absolute Gasteiger partial charge is 0.309 e. The first-order valence-electron chi connectivity index (χ1n) is 9.78. The molecule has 1 aliphatic heterocycles. The number of benzene rings is 2.